The van der Waals surface area contributed by atoms with E-state index in [0.717, 1.165) is 25.6 Å². The van der Waals surface area contributed by atoms with Crippen molar-refractivity contribution in [2.45, 2.75) is 33.1 Å². The molecule has 1 fully saturated rings. The molecule has 0 aromatic heterocycles. The zero-order valence-electron chi connectivity index (χ0n) is 9.23. The number of rotatable bonds is 7. The molecule has 0 spiro atoms. The Labute approximate surface area is 82.0 Å². The maximum Gasteiger partial charge on any atom is 0.0530 e. The Kier molecular flexibility index (Phi) is 4.20. The maximum absolute atomic E-state index is 5.30. The third-order valence-electron chi connectivity index (χ3n) is 2.99. The lowest BCUT2D eigenvalue weighted by Crippen LogP contribution is -2.37. The van der Waals surface area contributed by atoms with Crippen molar-refractivity contribution in [3.8, 4) is 0 Å². The average Bonchev–Trinajstić information content (AvgIpc) is 2.87. The zero-order valence-corrected chi connectivity index (χ0v) is 9.23. The Morgan fingerprint density at radius 2 is 2.15 bits per heavy atom. The van der Waals surface area contributed by atoms with E-state index in [1.165, 1.54) is 19.3 Å². The molecule has 1 aliphatic rings. The molecular formula is C11H23NO. The van der Waals surface area contributed by atoms with E-state index in [4.69, 9.17) is 4.74 Å². The minimum Gasteiger partial charge on any atom is -0.384 e. The quantitative estimate of drug-likeness (QED) is 0.613. The minimum absolute atomic E-state index is 0.379. The summed E-state index contributed by atoms with van der Waals surface area (Å²) < 4.78 is 5.30. The summed E-state index contributed by atoms with van der Waals surface area (Å²) in [6, 6.07) is 0. The lowest BCUT2D eigenvalue weighted by Gasteiger charge is -2.29. The second kappa shape index (κ2) is 4.97. The second-order valence-electron chi connectivity index (χ2n) is 4.54. The Bertz CT molecular complexity index is 145. The van der Waals surface area contributed by atoms with Crippen molar-refractivity contribution < 1.29 is 4.74 Å². The summed E-state index contributed by atoms with van der Waals surface area (Å²) in [7, 11) is 1.81. The Morgan fingerprint density at radius 3 is 2.62 bits per heavy atom. The van der Waals surface area contributed by atoms with Crippen molar-refractivity contribution in [3.63, 3.8) is 0 Å². The monoisotopic (exact) mass is 185 g/mol. The average molecular weight is 185 g/mol. The van der Waals surface area contributed by atoms with E-state index < -0.39 is 0 Å². The van der Waals surface area contributed by atoms with Crippen LogP contribution in [0, 0.1) is 11.3 Å². The van der Waals surface area contributed by atoms with Gasteiger partial charge in [0.1, 0.15) is 0 Å². The van der Waals surface area contributed by atoms with Gasteiger partial charge >= 0.3 is 0 Å². The Balaban J connectivity index is 2.28. The molecular weight excluding hydrogens is 162 g/mol. The van der Waals surface area contributed by atoms with Crippen molar-refractivity contribution in [2.24, 2.45) is 11.3 Å². The molecule has 0 radical (unpaired) electrons. The number of methoxy groups -OCH3 is 1. The van der Waals surface area contributed by atoms with Gasteiger partial charge in [-0.15, -0.1) is 0 Å². The van der Waals surface area contributed by atoms with Crippen LogP contribution in [-0.2, 0) is 4.74 Å². The first kappa shape index (κ1) is 11.0. The molecule has 0 aromatic carbocycles. The molecule has 0 heterocycles. The lowest BCUT2D eigenvalue weighted by molar-refractivity contribution is 0.0751. The highest BCUT2D eigenvalue weighted by Crippen LogP contribution is 2.45. The fourth-order valence-corrected chi connectivity index (χ4v) is 1.97. The van der Waals surface area contributed by atoms with E-state index in [-0.39, 0.29) is 0 Å². The molecule has 1 atom stereocenters. The van der Waals surface area contributed by atoms with Crippen LogP contribution in [0.25, 0.3) is 0 Å². The van der Waals surface area contributed by atoms with Crippen LogP contribution in [0.2, 0.25) is 0 Å². The highest BCUT2D eigenvalue weighted by Gasteiger charge is 2.40. The van der Waals surface area contributed by atoms with Gasteiger partial charge in [-0.1, -0.05) is 13.8 Å². The first-order chi connectivity index (χ1) is 6.23. The van der Waals surface area contributed by atoms with Crippen LogP contribution in [0.1, 0.15) is 33.1 Å². The number of hydrogen-bond donors (Lipinski definition) is 1. The molecule has 1 aliphatic carbocycles. The molecule has 1 saturated carbocycles. The summed E-state index contributed by atoms with van der Waals surface area (Å²) in [5, 5.41) is 3.50. The first-order valence-electron chi connectivity index (χ1n) is 5.42. The molecule has 1 rings (SSSR count). The molecule has 78 valence electrons. The van der Waals surface area contributed by atoms with E-state index in [1.807, 2.05) is 0 Å². The standard InChI is InChI=1S/C11H23NO/c1-4-7-12-8-11(2,9-13-3)10-5-6-10/h10,12H,4-9H2,1-3H3. The van der Waals surface area contributed by atoms with E-state index in [2.05, 4.69) is 19.2 Å². The summed E-state index contributed by atoms with van der Waals surface area (Å²) >= 11 is 0. The lowest BCUT2D eigenvalue weighted by atomic mass is 9.85. The minimum atomic E-state index is 0.379. The van der Waals surface area contributed by atoms with Crippen molar-refractivity contribution >= 4 is 0 Å². The van der Waals surface area contributed by atoms with Crippen molar-refractivity contribution in [1.82, 2.24) is 5.32 Å². The van der Waals surface area contributed by atoms with Crippen molar-refractivity contribution in [2.75, 3.05) is 26.8 Å². The van der Waals surface area contributed by atoms with Gasteiger partial charge in [-0.25, -0.2) is 0 Å². The van der Waals surface area contributed by atoms with Gasteiger partial charge in [-0.3, -0.25) is 0 Å². The van der Waals surface area contributed by atoms with Gasteiger partial charge in [0.2, 0.25) is 0 Å². The summed E-state index contributed by atoms with van der Waals surface area (Å²) in [4.78, 5) is 0. The van der Waals surface area contributed by atoms with E-state index in [0.29, 0.717) is 5.41 Å². The molecule has 0 saturated heterocycles. The maximum atomic E-state index is 5.30. The van der Waals surface area contributed by atoms with Gasteiger partial charge in [-0.2, -0.15) is 0 Å². The van der Waals surface area contributed by atoms with Gasteiger partial charge in [0, 0.05) is 19.1 Å². The fraction of sp³-hybridized carbons (Fsp3) is 1.00. The number of hydrogen-bond acceptors (Lipinski definition) is 2. The molecule has 0 aromatic rings. The van der Waals surface area contributed by atoms with E-state index >= 15 is 0 Å². The number of nitrogens with one attached hydrogen (secondary N) is 1. The number of ether oxygens (including phenoxy) is 1. The van der Waals surface area contributed by atoms with Crippen LogP contribution < -0.4 is 5.32 Å². The third kappa shape index (κ3) is 3.28. The van der Waals surface area contributed by atoms with Crippen LogP contribution in [0.4, 0.5) is 0 Å². The predicted molar refractivity (Wildman–Crippen MR) is 55.9 cm³/mol. The predicted octanol–water partition coefficient (Wildman–Crippen LogP) is 2.05. The summed E-state index contributed by atoms with van der Waals surface area (Å²) in [5.41, 5.74) is 0.379. The summed E-state index contributed by atoms with van der Waals surface area (Å²) in [5.74, 6) is 0.900. The normalized spacial score (nSPS) is 21.5. The van der Waals surface area contributed by atoms with Crippen LogP contribution in [0.5, 0.6) is 0 Å². The SMILES string of the molecule is CCCNCC(C)(COC)C1CC1. The van der Waals surface area contributed by atoms with Crippen molar-refractivity contribution in [3.05, 3.63) is 0 Å². The van der Waals surface area contributed by atoms with Gasteiger partial charge < -0.3 is 10.1 Å². The summed E-state index contributed by atoms with van der Waals surface area (Å²) in [6.45, 7) is 7.69. The van der Waals surface area contributed by atoms with E-state index in [1.54, 1.807) is 7.11 Å². The Morgan fingerprint density at radius 1 is 1.46 bits per heavy atom. The highest BCUT2D eigenvalue weighted by molar-refractivity contribution is 4.92. The van der Waals surface area contributed by atoms with Crippen LogP contribution in [0.3, 0.4) is 0 Å². The van der Waals surface area contributed by atoms with Crippen LogP contribution >= 0.6 is 0 Å². The zero-order chi connectivity index (χ0) is 9.73. The highest BCUT2D eigenvalue weighted by atomic mass is 16.5. The molecule has 0 aliphatic heterocycles. The van der Waals surface area contributed by atoms with Crippen LogP contribution in [-0.4, -0.2) is 26.8 Å². The molecule has 2 heteroatoms. The molecule has 2 nitrogen and oxygen atoms in total. The summed E-state index contributed by atoms with van der Waals surface area (Å²) in [6.07, 6.45) is 4.01. The van der Waals surface area contributed by atoms with Crippen LogP contribution in [0.15, 0.2) is 0 Å². The first-order valence-corrected chi connectivity index (χ1v) is 5.42. The largest absolute Gasteiger partial charge is 0.384 e. The topological polar surface area (TPSA) is 21.3 Å². The van der Waals surface area contributed by atoms with Gasteiger partial charge in [-0.05, 0) is 31.7 Å². The fourth-order valence-electron chi connectivity index (χ4n) is 1.97. The third-order valence-corrected chi connectivity index (χ3v) is 2.99. The molecule has 1 N–H and O–H groups in total. The van der Waals surface area contributed by atoms with Gasteiger partial charge in [0.25, 0.3) is 0 Å². The van der Waals surface area contributed by atoms with Gasteiger partial charge in [0.15, 0.2) is 0 Å². The van der Waals surface area contributed by atoms with E-state index in [9.17, 15) is 0 Å². The van der Waals surface area contributed by atoms with Crippen molar-refractivity contribution in [1.29, 1.82) is 0 Å². The smallest absolute Gasteiger partial charge is 0.0530 e. The van der Waals surface area contributed by atoms with Gasteiger partial charge in [0.05, 0.1) is 6.61 Å². The molecule has 1 unspecified atom stereocenters. The Hall–Kier alpha value is -0.0800. The molecule has 13 heavy (non-hydrogen) atoms. The molecule has 0 bridgehead atoms. The second-order valence-corrected chi connectivity index (χ2v) is 4.54. The molecule has 0 amide bonds.